The smallest absolute Gasteiger partial charge is 0.433 e. The van der Waals surface area contributed by atoms with E-state index < -0.39 is 23.6 Å². The maximum Gasteiger partial charge on any atom is 0.433 e. The van der Waals surface area contributed by atoms with Crippen molar-refractivity contribution < 1.29 is 32.8 Å². The SMILES string of the molecule is C[C@H]1CN(C(=O)OC(C)(C)C)CCN1C(=O)C[NH2+]/C=C(\C=N)c1cc(C(F)(F)F)nc(N2CC[C@@H]2C)n1. The third kappa shape index (κ3) is 7.18. The number of hydrogen-bond acceptors (Lipinski definition) is 7. The van der Waals surface area contributed by atoms with E-state index in [1.165, 1.54) is 11.5 Å². The van der Waals surface area contributed by atoms with Crippen LogP contribution in [0.3, 0.4) is 0 Å². The molecule has 13 heteroatoms. The van der Waals surface area contributed by atoms with Crippen LogP contribution in [0.25, 0.3) is 5.57 Å². The molecule has 0 bridgehead atoms. The minimum Gasteiger partial charge on any atom is -0.444 e. The maximum atomic E-state index is 13.5. The highest BCUT2D eigenvalue weighted by Crippen LogP contribution is 2.32. The van der Waals surface area contributed by atoms with Gasteiger partial charge in [0.25, 0.3) is 5.91 Å². The molecule has 1 aromatic rings. The van der Waals surface area contributed by atoms with Crippen LogP contribution in [0.4, 0.5) is 23.9 Å². The van der Waals surface area contributed by atoms with Crippen LogP contribution < -0.4 is 10.2 Å². The second-order valence-corrected chi connectivity index (χ2v) is 10.3. The number of nitrogens with zero attached hydrogens (tertiary/aromatic N) is 5. The molecule has 2 saturated heterocycles. The summed E-state index contributed by atoms with van der Waals surface area (Å²) in [6.45, 7) is 10.7. The first-order valence-electron chi connectivity index (χ1n) is 12.2. The first kappa shape index (κ1) is 28.4. The summed E-state index contributed by atoms with van der Waals surface area (Å²) >= 11 is 0. The van der Waals surface area contributed by atoms with Gasteiger partial charge in [-0.2, -0.15) is 13.2 Å². The van der Waals surface area contributed by atoms with Crippen LogP contribution in [-0.4, -0.2) is 88.4 Å². The summed E-state index contributed by atoms with van der Waals surface area (Å²) < 4.78 is 45.8. The lowest BCUT2D eigenvalue weighted by atomic mass is 10.1. The molecule has 1 aromatic heterocycles. The van der Waals surface area contributed by atoms with Gasteiger partial charge in [0.2, 0.25) is 5.95 Å². The molecule has 0 aliphatic carbocycles. The molecule has 2 amide bonds. The molecule has 204 valence electrons. The minimum absolute atomic E-state index is 0.0126. The lowest BCUT2D eigenvalue weighted by Gasteiger charge is -2.39. The lowest BCUT2D eigenvalue weighted by molar-refractivity contribution is -0.575. The Balaban J connectivity index is 1.66. The highest BCUT2D eigenvalue weighted by Gasteiger charge is 2.36. The molecule has 37 heavy (non-hydrogen) atoms. The fraction of sp³-hybridized carbons (Fsp3) is 0.625. The van der Waals surface area contributed by atoms with Crippen LogP contribution in [0.5, 0.6) is 0 Å². The summed E-state index contributed by atoms with van der Waals surface area (Å²) in [5, 5.41) is 9.24. The average Bonchev–Trinajstić information content (AvgIpc) is 2.78. The molecular weight excluding hydrogens is 491 g/mol. The van der Waals surface area contributed by atoms with E-state index in [-0.39, 0.29) is 41.8 Å². The number of carbonyl (C=O) groups is 2. The molecule has 2 atom stereocenters. The minimum atomic E-state index is -4.66. The number of halogens is 3. The largest absolute Gasteiger partial charge is 0.444 e. The topological polar surface area (TPSA) is 119 Å². The van der Waals surface area contributed by atoms with Crippen molar-refractivity contribution in [1.82, 2.24) is 19.8 Å². The number of nitrogens with one attached hydrogen (secondary N) is 1. The molecule has 3 rings (SSSR count). The molecule has 3 heterocycles. The van der Waals surface area contributed by atoms with Gasteiger partial charge in [0.05, 0.1) is 11.3 Å². The molecule has 0 spiro atoms. The molecule has 0 saturated carbocycles. The Kier molecular flexibility index (Phi) is 8.45. The van der Waals surface area contributed by atoms with Crippen molar-refractivity contribution in [2.75, 3.05) is 37.6 Å². The quantitative estimate of drug-likeness (QED) is 0.548. The van der Waals surface area contributed by atoms with Gasteiger partial charge in [-0.15, -0.1) is 0 Å². The van der Waals surface area contributed by atoms with Crippen molar-refractivity contribution in [3.63, 3.8) is 0 Å². The van der Waals surface area contributed by atoms with Gasteiger partial charge < -0.3 is 30.2 Å². The number of alkyl halides is 3. The molecule has 0 unspecified atom stereocenters. The standard InChI is InChI=1S/C24H34F3N7O3/c1-15-6-7-34(15)21-30-18(10-19(31-21)24(25,26)27)17(11-28)12-29-13-20(35)33-9-8-32(14-16(33)2)22(36)37-23(3,4)5/h10-12,15-16,28-29H,6-9,13-14H2,1-5H3/p+1/b17-12+,28-11?/t15-,16-/m0/s1. The van der Waals surface area contributed by atoms with Gasteiger partial charge >= 0.3 is 12.3 Å². The zero-order chi connectivity index (χ0) is 27.5. The first-order valence-corrected chi connectivity index (χ1v) is 12.2. The molecule has 2 aliphatic heterocycles. The van der Waals surface area contributed by atoms with Gasteiger partial charge in [0.1, 0.15) is 11.8 Å². The van der Waals surface area contributed by atoms with Gasteiger partial charge in [-0.3, -0.25) is 4.79 Å². The highest BCUT2D eigenvalue weighted by molar-refractivity contribution is 6.07. The second-order valence-electron chi connectivity index (χ2n) is 10.3. The van der Waals surface area contributed by atoms with Crippen LogP contribution in [0.15, 0.2) is 12.3 Å². The molecule has 3 N–H and O–H groups in total. The highest BCUT2D eigenvalue weighted by atomic mass is 19.4. The van der Waals surface area contributed by atoms with Crippen LogP contribution in [0.1, 0.15) is 52.4 Å². The Labute approximate surface area is 214 Å². The van der Waals surface area contributed by atoms with E-state index in [0.717, 1.165) is 18.7 Å². The van der Waals surface area contributed by atoms with Crippen LogP contribution in [0, 0.1) is 5.41 Å². The Morgan fingerprint density at radius 1 is 1.16 bits per heavy atom. The Hall–Kier alpha value is -3.22. The average molecular weight is 527 g/mol. The summed E-state index contributed by atoms with van der Waals surface area (Å²) in [5.74, 6) is -0.213. The van der Waals surface area contributed by atoms with E-state index in [1.807, 2.05) is 13.8 Å². The van der Waals surface area contributed by atoms with Gasteiger partial charge in [0, 0.05) is 44.5 Å². The number of ether oxygens (including phenoxy) is 1. The predicted octanol–water partition coefficient (Wildman–Crippen LogP) is 2.12. The molecule has 2 aliphatic rings. The number of rotatable bonds is 6. The number of anilines is 1. The van der Waals surface area contributed by atoms with E-state index in [4.69, 9.17) is 10.1 Å². The van der Waals surface area contributed by atoms with Crippen LogP contribution >= 0.6 is 0 Å². The maximum absolute atomic E-state index is 13.5. The third-order valence-corrected chi connectivity index (χ3v) is 6.22. The van der Waals surface area contributed by atoms with Gasteiger partial charge in [0.15, 0.2) is 12.2 Å². The van der Waals surface area contributed by atoms with E-state index in [1.54, 1.807) is 35.5 Å². The van der Waals surface area contributed by atoms with Crippen LogP contribution in [-0.2, 0) is 15.7 Å². The number of quaternary nitrogens is 1. The van der Waals surface area contributed by atoms with E-state index >= 15 is 0 Å². The Bertz CT molecular complexity index is 1060. The fourth-order valence-corrected chi connectivity index (χ4v) is 4.10. The normalized spacial score (nSPS) is 21.0. The van der Waals surface area contributed by atoms with Crippen molar-refractivity contribution in [1.29, 1.82) is 5.41 Å². The monoisotopic (exact) mass is 526 g/mol. The zero-order valence-corrected chi connectivity index (χ0v) is 21.8. The summed E-state index contributed by atoms with van der Waals surface area (Å²) in [7, 11) is 0. The second kappa shape index (κ2) is 11.0. The summed E-state index contributed by atoms with van der Waals surface area (Å²) in [6.07, 6.45) is -1.91. The third-order valence-electron chi connectivity index (χ3n) is 6.22. The van der Waals surface area contributed by atoms with Crippen molar-refractivity contribution in [2.45, 2.75) is 64.9 Å². The van der Waals surface area contributed by atoms with Gasteiger partial charge in [-0.1, -0.05) is 0 Å². The number of carbonyl (C=O) groups excluding carboxylic acids is 2. The van der Waals surface area contributed by atoms with Crippen molar-refractivity contribution >= 4 is 29.7 Å². The number of aromatic nitrogens is 2. The molecule has 2 fully saturated rings. The lowest BCUT2D eigenvalue weighted by Crippen LogP contribution is -2.81. The van der Waals surface area contributed by atoms with E-state index in [9.17, 15) is 22.8 Å². The van der Waals surface area contributed by atoms with Crippen molar-refractivity contribution in [3.8, 4) is 0 Å². The summed E-state index contributed by atoms with van der Waals surface area (Å²) in [5.41, 5.74) is -1.58. The Morgan fingerprint density at radius 2 is 1.86 bits per heavy atom. The van der Waals surface area contributed by atoms with Crippen LogP contribution in [0.2, 0.25) is 0 Å². The number of nitrogens with two attached hydrogens (primary N) is 1. The van der Waals surface area contributed by atoms with Gasteiger partial charge in [-0.25, -0.2) is 14.8 Å². The summed E-state index contributed by atoms with van der Waals surface area (Å²) in [6, 6.07) is 0.620. The van der Waals surface area contributed by atoms with Crippen molar-refractivity contribution in [2.24, 2.45) is 0 Å². The summed E-state index contributed by atoms with van der Waals surface area (Å²) in [4.78, 5) is 38.0. The number of allylic oxidation sites excluding steroid dienone is 1. The van der Waals surface area contributed by atoms with E-state index in [2.05, 4.69) is 9.97 Å². The molecule has 10 nitrogen and oxygen atoms in total. The predicted molar refractivity (Wildman–Crippen MR) is 131 cm³/mol. The fourth-order valence-electron chi connectivity index (χ4n) is 4.10. The Morgan fingerprint density at radius 3 is 2.38 bits per heavy atom. The number of amides is 2. The zero-order valence-electron chi connectivity index (χ0n) is 21.8. The number of piperazine rings is 1. The number of hydrogen-bond donors (Lipinski definition) is 2. The molecule has 0 aromatic carbocycles. The first-order chi connectivity index (χ1) is 17.2. The van der Waals surface area contributed by atoms with Crippen molar-refractivity contribution in [3.05, 3.63) is 23.7 Å². The van der Waals surface area contributed by atoms with Gasteiger partial charge in [-0.05, 0) is 47.1 Å². The molecular formula is C24H35F3N7O3+. The van der Waals surface area contributed by atoms with E-state index in [0.29, 0.717) is 26.2 Å². The molecule has 0 radical (unpaired) electrons.